The molecule has 0 radical (unpaired) electrons. The molecule has 0 aliphatic rings. The van der Waals surface area contributed by atoms with Crippen molar-refractivity contribution in [2.24, 2.45) is 0 Å². The Morgan fingerprint density at radius 3 is 2.30 bits per heavy atom. The van der Waals surface area contributed by atoms with Crippen LogP contribution in [0.3, 0.4) is 0 Å². The van der Waals surface area contributed by atoms with E-state index in [0.29, 0.717) is 5.92 Å². The SMILES string of the molecule is CC(/C=C/c1ccccc1)c1cccc2ccccc12. The van der Waals surface area contributed by atoms with E-state index in [2.05, 4.69) is 85.8 Å². The number of hydrogen-bond acceptors (Lipinski definition) is 0. The Morgan fingerprint density at radius 2 is 1.45 bits per heavy atom. The fraction of sp³-hybridized carbons (Fsp3) is 0.100. The van der Waals surface area contributed by atoms with E-state index in [-0.39, 0.29) is 0 Å². The number of benzene rings is 3. The van der Waals surface area contributed by atoms with Crippen LogP contribution < -0.4 is 0 Å². The number of allylic oxidation sites excluding steroid dienone is 1. The molecule has 0 heteroatoms. The highest BCUT2D eigenvalue weighted by Crippen LogP contribution is 2.26. The van der Waals surface area contributed by atoms with Crippen LogP contribution in [0.2, 0.25) is 0 Å². The van der Waals surface area contributed by atoms with Crippen LogP contribution in [0, 0.1) is 0 Å². The lowest BCUT2D eigenvalue weighted by Crippen LogP contribution is -1.90. The Kier molecular flexibility index (Phi) is 3.64. The lowest BCUT2D eigenvalue weighted by molar-refractivity contribution is 0.986. The zero-order valence-corrected chi connectivity index (χ0v) is 11.7. The van der Waals surface area contributed by atoms with Crippen molar-refractivity contribution >= 4 is 16.8 Å². The molecule has 1 unspecified atom stereocenters. The second-order valence-electron chi connectivity index (χ2n) is 5.13. The van der Waals surface area contributed by atoms with Gasteiger partial charge >= 0.3 is 0 Å². The van der Waals surface area contributed by atoms with Crippen molar-refractivity contribution in [1.82, 2.24) is 0 Å². The Labute approximate surface area is 120 Å². The van der Waals surface area contributed by atoms with Crippen LogP contribution in [0.5, 0.6) is 0 Å². The summed E-state index contributed by atoms with van der Waals surface area (Å²) in [6.07, 6.45) is 4.48. The van der Waals surface area contributed by atoms with Gasteiger partial charge in [0.15, 0.2) is 0 Å². The smallest absolute Gasteiger partial charge is 0.0000956 e. The quantitative estimate of drug-likeness (QED) is 0.569. The van der Waals surface area contributed by atoms with Gasteiger partial charge in [-0.2, -0.15) is 0 Å². The number of fused-ring (bicyclic) bond motifs is 1. The van der Waals surface area contributed by atoms with E-state index in [1.807, 2.05) is 6.07 Å². The standard InChI is InChI=1S/C20H18/c1-16(14-15-17-8-3-2-4-9-17)19-13-7-11-18-10-5-6-12-20(18)19/h2-16H,1H3/b15-14+. The third-order valence-electron chi connectivity index (χ3n) is 3.69. The first-order valence-electron chi connectivity index (χ1n) is 7.05. The van der Waals surface area contributed by atoms with Crippen molar-refractivity contribution in [2.75, 3.05) is 0 Å². The highest BCUT2D eigenvalue weighted by molar-refractivity contribution is 5.86. The van der Waals surface area contributed by atoms with E-state index in [1.165, 1.54) is 21.9 Å². The Balaban J connectivity index is 1.93. The summed E-state index contributed by atoms with van der Waals surface area (Å²) >= 11 is 0. The highest BCUT2D eigenvalue weighted by atomic mass is 14.1. The van der Waals surface area contributed by atoms with E-state index in [1.54, 1.807) is 0 Å². The number of rotatable bonds is 3. The second kappa shape index (κ2) is 5.75. The second-order valence-corrected chi connectivity index (χ2v) is 5.13. The summed E-state index contributed by atoms with van der Waals surface area (Å²) < 4.78 is 0. The van der Waals surface area contributed by atoms with Crippen LogP contribution in [0.25, 0.3) is 16.8 Å². The molecule has 0 spiro atoms. The summed E-state index contributed by atoms with van der Waals surface area (Å²) in [5.74, 6) is 0.404. The van der Waals surface area contributed by atoms with E-state index in [9.17, 15) is 0 Å². The molecule has 0 saturated heterocycles. The average molecular weight is 258 g/mol. The maximum absolute atomic E-state index is 2.27. The summed E-state index contributed by atoms with van der Waals surface area (Å²) in [6, 6.07) is 25.6. The van der Waals surface area contributed by atoms with Gasteiger partial charge < -0.3 is 0 Å². The van der Waals surface area contributed by atoms with Gasteiger partial charge in [0.1, 0.15) is 0 Å². The summed E-state index contributed by atoms with van der Waals surface area (Å²) in [7, 11) is 0. The van der Waals surface area contributed by atoms with Crippen molar-refractivity contribution in [2.45, 2.75) is 12.8 Å². The summed E-state index contributed by atoms with van der Waals surface area (Å²) in [5.41, 5.74) is 2.63. The topological polar surface area (TPSA) is 0 Å². The van der Waals surface area contributed by atoms with Crippen molar-refractivity contribution in [3.8, 4) is 0 Å². The zero-order chi connectivity index (χ0) is 13.8. The van der Waals surface area contributed by atoms with Crippen molar-refractivity contribution in [3.05, 3.63) is 90.0 Å². The minimum atomic E-state index is 0.404. The molecule has 0 N–H and O–H groups in total. The van der Waals surface area contributed by atoms with Crippen LogP contribution in [0.15, 0.2) is 78.9 Å². The van der Waals surface area contributed by atoms with Crippen molar-refractivity contribution in [1.29, 1.82) is 0 Å². The average Bonchev–Trinajstić information content (AvgIpc) is 2.53. The van der Waals surface area contributed by atoms with E-state index in [4.69, 9.17) is 0 Å². The van der Waals surface area contributed by atoms with Gasteiger partial charge in [-0.25, -0.2) is 0 Å². The molecule has 0 aromatic heterocycles. The lowest BCUT2D eigenvalue weighted by atomic mass is 9.94. The summed E-state index contributed by atoms with van der Waals surface area (Å²) in [6.45, 7) is 2.25. The molecular formula is C20H18. The van der Waals surface area contributed by atoms with Gasteiger partial charge in [-0.1, -0.05) is 91.9 Å². The predicted octanol–water partition coefficient (Wildman–Crippen LogP) is 5.66. The molecule has 0 saturated carbocycles. The first kappa shape index (κ1) is 12.7. The van der Waals surface area contributed by atoms with Crippen LogP contribution in [-0.4, -0.2) is 0 Å². The first-order valence-corrected chi connectivity index (χ1v) is 7.05. The van der Waals surface area contributed by atoms with Crippen molar-refractivity contribution < 1.29 is 0 Å². The normalized spacial score (nSPS) is 12.8. The third kappa shape index (κ3) is 2.65. The molecule has 98 valence electrons. The molecule has 1 atom stereocenters. The van der Waals surface area contributed by atoms with Gasteiger partial charge in [0, 0.05) is 0 Å². The lowest BCUT2D eigenvalue weighted by Gasteiger charge is -2.11. The van der Waals surface area contributed by atoms with Crippen LogP contribution in [0.4, 0.5) is 0 Å². The summed E-state index contributed by atoms with van der Waals surface area (Å²) in [5, 5.41) is 2.66. The van der Waals surface area contributed by atoms with Gasteiger partial charge in [0.25, 0.3) is 0 Å². The Hall–Kier alpha value is -2.34. The van der Waals surface area contributed by atoms with Gasteiger partial charge in [0.2, 0.25) is 0 Å². The monoisotopic (exact) mass is 258 g/mol. The maximum Gasteiger partial charge on any atom is -0.0000956 e. The minimum absolute atomic E-state index is 0.404. The highest BCUT2D eigenvalue weighted by Gasteiger charge is 2.05. The first-order chi connectivity index (χ1) is 9.84. The molecule has 0 aliphatic heterocycles. The molecule has 0 fully saturated rings. The number of hydrogen-bond donors (Lipinski definition) is 0. The molecular weight excluding hydrogens is 240 g/mol. The molecule has 0 nitrogen and oxygen atoms in total. The maximum atomic E-state index is 2.27. The van der Waals surface area contributed by atoms with Gasteiger partial charge in [-0.15, -0.1) is 0 Å². The largest absolute Gasteiger partial charge is 0.0767 e. The molecule has 0 aliphatic carbocycles. The van der Waals surface area contributed by atoms with Gasteiger partial charge in [-0.05, 0) is 27.8 Å². The molecule has 20 heavy (non-hydrogen) atoms. The zero-order valence-electron chi connectivity index (χ0n) is 11.7. The van der Waals surface area contributed by atoms with Gasteiger partial charge in [0.05, 0.1) is 0 Å². The van der Waals surface area contributed by atoms with Crippen LogP contribution >= 0.6 is 0 Å². The Morgan fingerprint density at radius 1 is 0.750 bits per heavy atom. The Bertz CT molecular complexity index is 718. The van der Waals surface area contributed by atoms with Gasteiger partial charge in [-0.3, -0.25) is 0 Å². The molecule has 3 rings (SSSR count). The molecule has 0 heterocycles. The van der Waals surface area contributed by atoms with Crippen molar-refractivity contribution in [3.63, 3.8) is 0 Å². The summed E-state index contributed by atoms with van der Waals surface area (Å²) in [4.78, 5) is 0. The predicted molar refractivity (Wildman–Crippen MR) is 87.8 cm³/mol. The molecule has 3 aromatic carbocycles. The minimum Gasteiger partial charge on any atom is -0.0767 e. The van der Waals surface area contributed by atoms with E-state index >= 15 is 0 Å². The third-order valence-corrected chi connectivity index (χ3v) is 3.69. The fourth-order valence-electron chi connectivity index (χ4n) is 2.57. The fourth-order valence-corrected chi connectivity index (χ4v) is 2.57. The molecule has 0 amide bonds. The van der Waals surface area contributed by atoms with E-state index < -0.39 is 0 Å². The van der Waals surface area contributed by atoms with Crippen LogP contribution in [-0.2, 0) is 0 Å². The van der Waals surface area contributed by atoms with E-state index in [0.717, 1.165) is 0 Å². The van der Waals surface area contributed by atoms with Crippen LogP contribution in [0.1, 0.15) is 24.0 Å². The molecule has 0 bridgehead atoms. The molecule has 3 aromatic rings.